The number of carbonyl (C=O) groups excluding carboxylic acids is 3. The molecule has 9 heteroatoms. The number of amides is 2. The zero-order valence-corrected chi connectivity index (χ0v) is 19.3. The van der Waals surface area contributed by atoms with Crippen molar-refractivity contribution in [2.24, 2.45) is 5.41 Å². The van der Waals surface area contributed by atoms with E-state index in [4.69, 9.17) is 4.74 Å². The largest absolute Gasteiger partial charge is 0.425 e. The second-order valence-electron chi connectivity index (χ2n) is 10.1. The molecule has 3 aliphatic rings. The molecule has 1 aliphatic carbocycles. The van der Waals surface area contributed by atoms with E-state index in [1.807, 2.05) is 5.32 Å². The van der Waals surface area contributed by atoms with E-state index in [1.165, 1.54) is 0 Å². The third-order valence-electron chi connectivity index (χ3n) is 6.77. The molecule has 1 saturated heterocycles. The molecular formula is C25H29F3N2O4. The Labute approximate surface area is 196 Å². The molecule has 0 saturated carbocycles. The molecule has 1 N–H and O–H groups in total. The molecule has 0 spiro atoms. The third kappa shape index (κ3) is 4.37. The molecule has 0 radical (unpaired) electrons. The summed E-state index contributed by atoms with van der Waals surface area (Å²) in [5.74, 6) is -3.01. The van der Waals surface area contributed by atoms with Crippen molar-refractivity contribution in [3.8, 4) is 0 Å². The summed E-state index contributed by atoms with van der Waals surface area (Å²) < 4.78 is 49.8. The number of aryl methyl sites for hydroxylation is 1. The first-order valence-corrected chi connectivity index (χ1v) is 11.6. The lowest BCUT2D eigenvalue weighted by Gasteiger charge is -2.35. The number of benzene rings is 1. The van der Waals surface area contributed by atoms with Crippen LogP contribution in [0, 0.1) is 5.41 Å². The second kappa shape index (κ2) is 8.83. The van der Waals surface area contributed by atoms with Crippen LogP contribution in [-0.2, 0) is 25.5 Å². The van der Waals surface area contributed by atoms with E-state index in [0.717, 1.165) is 16.9 Å². The average Bonchev–Trinajstić information content (AvgIpc) is 3.33. The van der Waals surface area contributed by atoms with Crippen LogP contribution in [0.2, 0.25) is 0 Å². The van der Waals surface area contributed by atoms with E-state index in [1.54, 1.807) is 44.2 Å². The van der Waals surface area contributed by atoms with Crippen LogP contribution in [0.4, 0.5) is 13.2 Å². The minimum Gasteiger partial charge on any atom is -0.376 e. The number of ether oxygens (including phenoxy) is 1. The topological polar surface area (TPSA) is 75.7 Å². The summed E-state index contributed by atoms with van der Waals surface area (Å²) in [5, 5.41) is 1.99. The highest BCUT2D eigenvalue weighted by Gasteiger charge is 2.71. The molecule has 4 rings (SSSR count). The molecule has 1 fully saturated rings. The molecule has 2 amide bonds. The fraction of sp³-hybridized carbons (Fsp3) is 0.560. The van der Waals surface area contributed by atoms with Gasteiger partial charge in [0.1, 0.15) is 0 Å². The Morgan fingerprint density at radius 3 is 2.50 bits per heavy atom. The van der Waals surface area contributed by atoms with Crippen molar-refractivity contribution in [1.82, 2.24) is 10.2 Å². The Morgan fingerprint density at radius 2 is 1.88 bits per heavy atom. The molecule has 2 atom stereocenters. The van der Waals surface area contributed by atoms with Crippen LogP contribution < -0.4 is 5.32 Å². The van der Waals surface area contributed by atoms with Crippen molar-refractivity contribution in [2.45, 2.75) is 70.2 Å². The fourth-order valence-corrected chi connectivity index (χ4v) is 5.19. The maximum atomic E-state index is 14.7. The number of rotatable bonds is 6. The van der Waals surface area contributed by atoms with Crippen molar-refractivity contribution < 1.29 is 32.3 Å². The smallest absolute Gasteiger partial charge is 0.376 e. The van der Waals surface area contributed by atoms with Crippen LogP contribution in [0.15, 0.2) is 41.6 Å². The van der Waals surface area contributed by atoms with Gasteiger partial charge in [-0.15, -0.1) is 0 Å². The van der Waals surface area contributed by atoms with Gasteiger partial charge in [0.2, 0.25) is 11.4 Å². The number of halogens is 3. The molecule has 0 aromatic heterocycles. The number of Topliss-reactive ketones (excluding diaryl/α,β-unsaturated/α-hetero) is 1. The average molecular weight is 479 g/mol. The quantitative estimate of drug-likeness (QED) is 0.677. The molecule has 2 aliphatic heterocycles. The highest BCUT2D eigenvalue weighted by atomic mass is 19.4. The Kier molecular flexibility index (Phi) is 6.35. The SMILES string of the molecule is CC1(C)CC(=O)C2=C(C1)N(C[C@@H]1CCCO1)C(=O)[C@@]2(NC(=O)CCc1ccccc1)C(F)(F)F. The molecule has 184 valence electrons. The van der Waals surface area contributed by atoms with Gasteiger partial charge in [0.25, 0.3) is 5.91 Å². The van der Waals surface area contributed by atoms with Crippen LogP contribution in [0.25, 0.3) is 0 Å². The first-order valence-electron chi connectivity index (χ1n) is 11.6. The van der Waals surface area contributed by atoms with Gasteiger partial charge in [0.05, 0.1) is 18.2 Å². The summed E-state index contributed by atoms with van der Waals surface area (Å²) in [5.41, 5.74) is -3.77. The number of carbonyl (C=O) groups is 3. The van der Waals surface area contributed by atoms with Gasteiger partial charge >= 0.3 is 6.18 Å². The van der Waals surface area contributed by atoms with Crippen molar-refractivity contribution in [1.29, 1.82) is 0 Å². The molecule has 6 nitrogen and oxygen atoms in total. The minimum atomic E-state index is -5.19. The van der Waals surface area contributed by atoms with E-state index in [0.29, 0.717) is 13.0 Å². The van der Waals surface area contributed by atoms with Crippen molar-refractivity contribution in [3.63, 3.8) is 0 Å². The van der Waals surface area contributed by atoms with Crippen LogP contribution >= 0.6 is 0 Å². The number of allylic oxidation sites excluding steroid dienone is 1. The predicted molar refractivity (Wildman–Crippen MR) is 117 cm³/mol. The molecule has 1 aromatic carbocycles. The first kappa shape index (κ1) is 24.4. The summed E-state index contributed by atoms with van der Waals surface area (Å²) in [6.07, 6.45) is -4.26. The Hall–Kier alpha value is -2.68. The lowest BCUT2D eigenvalue weighted by molar-refractivity contribution is -0.195. The van der Waals surface area contributed by atoms with Gasteiger partial charge < -0.3 is 15.0 Å². The lowest BCUT2D eigenvalue weighted by atomic mass is 9.72. The lowest BCUT2D eigenvalue weighted by Crippen LogP contribution is -2.66. The maximum Gasteiger partial charge on any atom is 0.425 e. The van der Waals surface area contributed by atoms with Crippen LogP contribution in [0.5, 0.6) is 0 Å². The van der Waals surface area contributed by atoms with Gasteiger partial charge in [-0.05, 0) is 36.7 Å². The van der Waals surface area contributed by atoms with Gasteiger partial charge in [-0.2, -0.15) is 13.2 Å². The highest BCUT2D eigenvalue weighted by molar-refractivity contribution is 6.13. The fourth-order valence-electron chi connectivity index (χ4n) is 5.19. The van der Waals surface area contributed by atoms with E-state index in [2.05, 4.69) is 0 Å². The predicted octanol–water partition coefficient (Wildman–Crippen LogP) is 3.70. The summed E-state index contributed by atoms with van der Waals surface area (Å²) >= 11 is 0. The monoisotopic (exact) mass is 478 g/mol. The number of nitrogens with one attached hydrogen (secondary N) is 1. The number of alkyl halides is 3. The molecule has 34 heavy (non-hydrogen) atoms. The third-order valence-corrected chi connectivity index (χ3v) is 6.77. The van der Waals surface area contributed by atoms with Gasteiger partial charge in [-0.3, -0.25) is 14.4 Å². The summed E-state index contributed by atoms with van der Waals surface area (Å²) in [7, 11) is 0. The van der Waals surface area contributed by atoms with Gasteiger partial charge in [-0.25, -0.2) is 0 Å². The number of ketones is 1. The number of hydrogen-bond acceptors (Lipinski definition) is 4. The van der Waals surface area contributed by atoms with Gasteiger partial charge in [-0.1, -0.05) is 44.2 Å². The van der Waals surface area contributed by atoms with Gasteiger partial charge in [0.15, 0.2) is 5.78 Å². The van der Waals surface area contributed by atoms with Crippen molar-refractivity contribution >= 4 is 17.6 Å². The normalized spacial score (nSPS) is 26.7. The summed E-state index contributed by atoms with van der Waals surface area (Å²) in [6, 6.07) is 8.88. The van der Waals surface area contributed by atoms with Crippen molar-refractivity contribution in [2.75, 3.05) is 13.2 Å². The first-order chi connectivity index (χ1) is 15.9. The molecule has 1 aromatic rings. The van der Waals surface area contributed by atoms with E-state index >= 15 is 0 Å². The molecule has 2 heterocycles. The Balaban J connectivity index is 1.70. The van der Waals surface area contributed by atoms with Crippen LogP contribution in [0.3, 0.4) is 0 Å². The second-order valence-corrected chi connectivity index (χ2v) is 10.1. The standard InChI is InChI=1S/C25H29F3N2O4/c1-23(2)13-18-21(19(31)14-23)24(25(26,27)28,22(33)30(18)15-17-9-6-12-34-17)29-20(32)11-10-16-7-4-3-5-8-16/h3-5,7-8,17H,6,9-15H2,1-2H3,(H,29,32)/t17-,24+/m0/s1. The van der Waals surface area contributed by atoms with E-state index in [9.17, 15) is 27.6 Å². The van der Waals surface area contributed by atoms with E-state index < -0.39 is 46.4 Å². The number of nitrogens with zero attached hydrogens (tertiary/aromatic N) is 1. The summed E-state index contributed by atoms with van der Waals surface area (Å²) in [6.45, 7) is 3.98. The zero-order chi connectivity index (χ0) is 24.7. The van der Waals surface area contributed by atoms with Crippen LogP contribution in [0.1, 0.15) is 51.5 Å². The Morgan fingerprint density at radius 1 is 1.18 bits per heavy atom. The zero-order valence-electron chi connectivity index (χ0n) is 19.3. The van der Waals surface area contributed by atoms with E-state index in [-0.39, 0.29) is 37.9 Å². The Bertz CT molecular complexity index is 1010. The molecule has 0 bridgehead atoms. The number of hydrogen-bond donors (Lipinski definition) is 1. The van der Waals surface area contributed by atoms with Crippen LogP contribution in [-0.4, -0.2) is 53.5 Å². The maximum absolute atomic E-state index is 14.7. The minimum absolute atomic E-state index is 0.0578. The molecular weight excluding hydrogens is 449 g/mol. The molecule has 0 unspecified atom stereocenters. The van der Waals surface area contributed by atoms with Gasteiger partial charge in [0, 0.05) is 25.1 Å². The van der Waals surface area contributed by atoms with Crippen molar-refractivity contribution in [3.05, 3.63) is 47.2 Å². The highest BCUT2D eigenvalue weighted by Crippen LogP contribution is 2.51. The summed E-state index contributed by atoms with van der Waals surface area (Å²) in [4.78, 5) is 40.5.